The molecule has 725 valence electrons. The number of ether oxygens (including phenoxy) is 13. The zero-order valence-corrected chi connectivity index (χ0v) is 87.4. The minimum absolute atomic E-state index is 0.0429. The van der Waals surface area contributed by atoms with E-state index in [1.165, 1.54) is 43.1 Å². The molecule has 0 bridgehead atoms. The number of aldehydes is 1. The molecule has 2 unspecified atom stereocenters. The van der Waals surface area contributed by atoms with E-state index in [1.807, 2.05) is 155 Å². The Bertz CT molecular complexity index is 5200. The maximum absolute atomic E-state index is 10.9. The Morgan fingerprint density at radius 1 is 0.348 bits per heavy atom. The molecule has 6 saturated heterocycles. The molecule has 19 rings (SSSR count). The summed E-state index contributed by atoms with van der Waals surface area (Å²) in [5, 5.41) is 52.5. The van der Waals surface area contributed by atoms with Gasteiger partial charge in [0.2, 0.25) is 0 Å². The number of hydrogen-bond donors (Lipinski definition) is 5. The molecule has 6 aromatic carbocycles. The maximum atomic E-state index is 10.9. The van der Waals surface area contributed by atoms with Crippen LogP contribution < -0.4 is 0 Å². The third-order valence-electron chi connectivity index (χ3n) is 23.2. The summed E-state index contributed by atoms with van der Waals surface area (Å²) >= 11 is 14.4. The van der Waals surface area contributed by atoms with Crippen molar-refractivity contribution in [1.29, 1.82) is 0 Å². The van der Waals surface area contributed by atoms with Gasteiger partial charge in [-0.25, -0.2) is 0 Å². The monoisotopic (exact) mass is 2170 g/mol. The Morgan fingerprint density at radius 2 is 0.630 bits per heavy atom. The van der Waals surface area contributed by atoms with Gasteiger partial charge in [-0.3, -0.25) is 4.79 Å². The predicted molar refractivity (Wildman–Crippen MR) is 538 cm³/mol. The number of carbonyl (C=O) groups excluding carboxylic acids is 1. The summed E-state index contributed by atoms with van der Waals surface area (Å²) in [4.78, 5) is 23.9. The Kier molecular flexibility index (Phi) is 44.5. The van der Waals surface area contributed by atoms with Gasteiger partial charge in [0.05, 0.1) is 115 Å². The quantitative estimate of drug-likeness (QED) is 0.0146. The average molecular weight is 2170 g/mol. The van der Waals surface area contributed by atoms with Crippen molar-refractivity contribution in [1.82, 2.24) is 0 Å². The molecular formula is C105H122BrIMnO21S6. The molecule has 7 aliphatic rings. The van der Waals surface area contributed by atoms with Crippen LogP contribution in [-0.2, 0) is 123 Å². The fourth-order valence-electron chi connectivity index (χ4n) is 16.6. The molecule has 13 heterocycles. The van der Waals surface area contributed by atoms with Gasteiger partial charge in [0.15, 0.2) is 37.7 Å². The van der Waals surface area contributed by atoms with E-state index in [0.29, 0.717) is 85.7 Å². The molecule has 135 heavy (non-hydrogen) atoms. The number of alkyl halides is 1. The standard InChI is InChI=1S/2C18H22O3S.C17H19IO3S.C17H20O4S.C17H18O3S.C10H12O.C8H9BrO2S.Mn.2O/c2*1-3-6-13-7-4-5-8-14(13)17(19)15-11-16(22-12(15)2)18-20-9-10-21-18;2*1-11-14(10-15(22-11)17-20-8-9-21-17)16(19)13-5-3-2-4-12(13)6-7-18;1-11-14(10-15(21-11)17-19-8-9-20-17)16-13-5-3-2-4-12(13)6-7-18-16;1-2-5-9-6-3-4-7-10(9)8-11;1-5-6(9)4-7(12-5)8-10-2-3-11-8;;;/h2*4-5,7-8,11,17-19H,3,6,9-10H2,1-2H3;2-5,10,16-17,19H,6-9H2,1H3;2-5,10,16-19H,6-9H2,1H3;2-5,10,16-17H,6-9H2,1H3;3-4,6-8H,2,5H2,1H3;4,8H,2-3H2,1H3;;;/t;;3*16-;;;;;/m..111...../s1. The van der Waals surface area contributed by atoms with Crippen LogP contribution in [0.15, 0.2) is 186 Å². The van der Waals surface area contributed by atoms with Gasteiger partial charge in [-0.15, -0.1) is 68.0 Å². The van der Waals surface area contributed by atoms with Crippen molar-refractivity contribution >= 4 is 113 Å². The van der Waals surface area contributed by atoms with E-state index in [0.717, 1.165) is 183 Å². The number of rotatable bonds is 26. The van der Waals surface area contributed by atoms with Crippen molar-refractivity contribution in [3.8, 4) is 0 Å². The number of thiophene rings is 6. The molecule has 6 fully saturated rings. The zero-order valence-electron chi connectivity index (χ0n) is 77.6. The second kappa shape index (κ2) is 55.9. The first-order valence-electron chi connectivity index (χ1n) is 45.7. The Balaban J connectivity index is 0.000000143. The van der Waals surface area contributed by atoms with Crippen molar-refractivity contribution in [2.75, 3.05) is 96.9 Å². The second-order valence-corrected chi connectivity index (χ2v) is 42.3. The van der Waals surface area contributed by atoms with E-state index in [9.17, 15) is 30.3 Å². The second-order valence-electron chi connectivity index (χ2n) is 32.4. The van der Waals surface area contributed by atoms with Crippen LogP contribution in [0.1, 0.15) is 266 Å². The fourth-order valence-corrected chi connectivity index (χ4v) is 24.0. The first-order chi connectivity index (χ1) is 65.7. The molecule has 12 aromatic rings. The van der Waals surface area contributed by atoms with Crippen LogP contribution in [0.25, 0.3) is 0 Å². The van der Waals surface area contributed by atoms with Crippen molar-refractivity contribution in [2.45, 2.75) is 188 Å². The summed E-state index contributed by atoms with van der Waals surface area (Å²) in [7, 11) is 0. The number of fused-ring (bicyclic) bond motifs is 1. The van der Waals surface area contributed by atoms with E-state index < -0.39 is 39.2 Å². The van der Waals surface area contributed by atoms with E-state index in [4.69, 9.17) is 69.2 Å². The Morgan fingerprint density at radius 3 is 0.956 bits per heavy atom. The molecule has 5 N–H and O–H groups in total. The van der Waals surface area contributed by atoms with Crippen molar-refractivity contribution < 1.29 is 114 Å². The summed E-state index contributed by atoms with van der Waals surface area (Å²) in [5.41, 5.74) is 18.2. The van der Waals surface area contributed by atoms with Crippen LogP contribution in [0.4, 0.5) is 0 Å². The zero-order chi connectivity index (χ0) is 95.7. The first kappa shape index (κ1) is 108. The summed E-state index contributed by atoms with van der Waals surface area (Å²) < 4.78 is 91.5. The SMILES string of the molecule is CCCc1ccccc1C(O)c1cc(C2OCCO2)sc1C.CCCc1ccccc1C(O)c1cc(C2OCCO2)sc1C.CCCc1ccccc1C=O.Cc1sc(C2OCCO2)cc1Br.Cc1sc(C2OCCO2)cc1[C@@H]1OCCc2ccccc21.Cc1sc(C2OCCO2)cc1[C@H](O)c1ccccc1CCI.Cc1sc(C2OCCO2)cc1[C@H](O)c1ccccc1CCO.[O]=[Mn]=[O]. The molecule has 0 radical (unpaired) electrons. The van der Waals surface area contributed by atoms with Crippen LogP contribution >= 0.6 is 107 Å². The molecule has 7 aliphatic heterocycles. The summed E-state index contributed by atoms with van der Waals surface area (Å²) in [5.74, 6) is 0. The van der Waals surface area contributed by atoms with Crippen LogP contribution in [0, 0.1) is 41.5 Å². The molecule has 30 heteroatoms. The van der Waals surface area contributed by atoms with Gasteiger partial charge in [0.25, 0.3) is 0 Å². The topological polar surface area (TPSA) is 272 Å². The molecule has 0 amide bonds. The van der Waals surface area contributed by atoms with Crippen molar-refractivity contribution in [2.24, 2.45) is 0 Å². The Hall–Kier alpha value is -6.20. The molecule has 0 aliphatic carbocycles. The number of aliphatic hydroxyl groups excluding tert-OH is 5. The third kappa shape index (κ3) is 29.7. The van der Waals surface area contributed by atoms with Crippen LogP contribution in [0.3, 0.4) is 0 Å². The molecule has 0 spiro atoms. The van der Waals surface area contributed by atoms with Gasteiger partial charge in [-0.2, -0.15) is 0 Å². The first-order valence-corrected chi connectivity index (χ1v) is 53.9. The number of hydrogen-bond acceptors (Lipinski definition) is 27. The van der Waals surface area contributed by atoms with Crippen molar-refractivity contribution in [3.05, 3.63) is 340 Å². The molecule has 0 saturated carbocycles. The summed E-state index contributed by atoms with van der Waals surface area (Å²) in [6, 6.07) is 60.8. The predicted octanol–water partition coefficient (Wildman–Crippen LogP) is 24.0. The van der Waals surface area contributed by atoms with Crippen LogP contribution in [-0.4, -0.2) is 129 Å². The normalized spacial score (nSPS) is 17.1. The molecule has 6 aromatic heterocycles. The van der Waals surface area contributed by atoms with E-state index >= 15 is 0 Å². The number of benzene rings is 6. The van der Waals surface area contributed by atoms with E-state index in [2.05, 4.69) is 128 Å². The molecular weight excluding hydrogens is 2050 g/mol. The van der Waals surface area contributed by atoms with Gasteiger partial charge in [0, 0.05) is 50.3 Å². The van der Waals surface area contributed by atoms with E-state index in [1.54, 1.807) is 68.0 Å². The van der Waals surface area contributed by atoms with Gasteiger partial charge in [0.1, 0.15) is 36.8 Å². The molecule has 21 nitrogen and oxygen atoms in total. The number of aliphatic hydroxyl groups is 5. The van der Waals surface area contributed by atoms with Crippen LogP contribution in [0.2, 0.25) is 0 Å². The number of halogens is 2. The fraction of sp³-hybridized carbons (Fsp3) is 0.419. The Labute approximate surface area is 844 Å². The van der Waals surface area contributed by atoms with Gasteiger partial charge in [-0.1, -0.05) is 208 Å². The van der Waals surface area contributed by atoms with Crippen molar-refractivity contribution in [3.63, 3.8) is 0 Å². The number of aryl methyl sites for hydroxylation is 10. The van der Waals surface area contributed by atoms with Gasteiger partial charge in [-0.05, 0) is 221 Å². The average Bonchev–Trinajstić information content (AvgIpc) is 1.66. The molecule has 5 atom stereocenters. The summed E-state index contributed by atoms with van der Waals surface area (Å²) in [6.07, 6.45) is 5.77. The van der Waals surface area contributed by atoms with Gasteiger partial charge < -0.3 is 87.1 Å². The van der Waals surface area contributed by atoms with Gasteiger partial charge >= 0.3 is 22.5 Å². The number of carbonyl (C=O) groups is 1. The third-order valence-corrected chi connectivity index (χ3v) is 31.4. The summed E-state index contributed by atoms with van der Waals surface area (Å²) in [6.45, 7) is 27.5. The van der Waals surface area contributed by atoms with Crippen LogP contribution in [0.5, 0.6) is 0 Å². The van der Waals surface area contributed by atoms with E-state index in [-0.39, 0.29) is 50.5 Å². The minimum atomic E-state index is -1.44.